The highest BCUT2D eigenvalue weighted by molar-refractivity contribution is 7.91. The standard InChI is InChI=1S/C13H21NO3S/c1-11(2)8-14-9-12(15)10-18(16,17)13-6-4-3-5-7-13/h3-7,11-12,14-15H,8-10H2,1-2H3. The molecule has 0 aliphatic rings. The van der Waals surface area contributed by atoms with Crippen molar-refractivity contribution in [1.82, 2.24) is 5.32 Å². The molecule has 0 saturated carbocycles. The summed E-state index contributed by atoms with van der Waals surface area (Å²) in [5.41, 5.74) is 0. The molecule has 0 spiro atoms. The number of aliphatic hydroxyl groups is 1. The van der Waals surface area contributed by atoms with Gasteiger partial charge in [0.2, 0.25) is 0 Å². The smallest absolute Gasteiger partial charge is 0.180 e. The van der Waals surface area contributed by atoms with Crippen LogP contribution in [0.4, 0.5) is 0 Å². The van der Waals surface area contributed by atoms with E-state index in [0.29, 0.717) is 12.5 Å². The summed E-state index contributed by atoms with van der Waals surface area (Å²) in [6.45, 7) is 5.17. The van der Waals surface area contributed by atoms with Crippen LogP contribution < -0.4 is 5.32 Å². The third kappa shape index (κ3) is 5.16. The molecule has 0 aromatic heterocycles. The fraction of sp³-hybridized carbons (Fsp3) is 0.538. The molecule has 0 aliphatic carbocycles. The van der Waals surface area contributed by atoms with Crippen LogP contribution in [-0.2, 0) is 9.84 Å². The topological polar surface area (TPSA) is 66.4 Å². The van der Waals surface area contributed by atoms with Gasteiger partial charge in [-0.3, -0.25) is 0 Å². The number of hydrogen-bond acceptors (Lipinski definition) is 4. The van der Waals surface area contributed by atoms with Gasteiger partial charge in [0.1, 0.15) is 0 Å². The SMILES string of the molecule is CC(C)CNCC(O)CS(=O)(=O)c1ccccc1. The predicted molar refractivity (Wildman–Crippen MR) is 72.2 cm³/mol. The van der Waals surface area contributed by atoms with E-state index < -0.39 is 15.9 Å². The monoisotopic (exact) mass is 271 g/mol. The van der Waals surface area contributed by atoms with Gasteiger partial charge in [0.25, 0.3) is 0 Å². The van der Waals surface area contributed by atoms with Crippen molar-refractivity contribution < 1.29 is 13.5 Å². The molecular formula is C13H21NO3S. The van der Waals surface area contributed by atoms with Crippen molar-refractivity contribution in [2.24, 2.45) is 5.92 Å². The van der Waals surface area contributed by atoms with Crippen LogP contribution in [0.3, 0.4) is 0 Å². The Bertz CT molecular complexity index is 443. The molecule has 1 aromatic carbocycles. The molecule has 0 amide bonds. The van der Waals surface area contributed by atoms with Crippen LogP contribution in [0.15, 0.2) is 35.2 Å². The van der Waals surface area contributed by atoms with E-state index in [1.54, 1.807) is 30.3 Å². The maximum absolute atomic E-state index is 12.0. The summed E-state index contributed by atoms with van der Waals surface area (Å²) in [5.74, 6) is 0.227. The van der Waals surface area contributed by atoms with Gasteiger partial charge in [-0.1, -0.05) is 32.0 Å². The Kier molecular flexibility index (Phi) is 5.78. The van der Waals surface area contributed by atoms with Crippen LogP contribution in [0.25, 0.3) is 0 Å². The molecule has 1 aromatic rings. The minimum atomic E-state index is -3.40. The first-order valence-corrected chi connectivity index (χ1v) is 7.73. The third-order valence-electron chi connectivity index (χ3n) is 2.45. The van der Waals surface area contributed by atoms with Gasteiger partial charge < -0.3 is 10.4 Å². The molecule has 0 radical (unpaired) electrons. The maximum Gasteiger partial charge on any atom is 0.180 e. The Labute approximate surface area is 109 Å². The summed E-state index contributed by atoms with van der Waals surface area (Å²) in [7, 11) is -3.40. The lowest BCUT2D eigenvalue weighted by Crippen LogP contribution is -2.34. The van der Waals surface area contributed by atoms with Crippen molar-refractivity contribution in [3.63, 3.8) is 0 Å². The molecule has 1 atom stereocenters. The number of nitrogens with one attached hydrogen (secondary N) is 1. The van der Waals surface area contributed by atoms with E-state index >= 15 is 0 Å². The van der Waals surface area contributed by atoms with Gasteiger partial charge >= 0.3 is 0 Å². The van der Waals surface area contributed by atoms with Crippen molar-refractivity contribution in [2.75, 3.05) is 18.8 Å². The lowest BCUT2D eigenvalue weighted by Gasteiger charge is -2.13. The average Bonchev–Trinajstić information content (AvgIpc) is 2.29. The van der Waals surface area contributed by atoms with Crippen LogP contribution in [0.5, 0.6) is 0 Å². The highest BCUT2D eigenvalue weighted by atomic mass is 32.2. The summed E-state index contributed by atoms with van der Waals surface area (Å²) in [4.78, 5) is 0.257. The molecule has 1 unspecified atom stereocenters. The molecule has 0 saturated heterocycles. The van der Waals surface area contributed by atoms with Crippen LogP contribution in [0, 0.1) is 5.92 Å². The first-order valence-electron chi connectivity index (χ1n) is 6.08. The summed E-state index contributed by atoms with van der Waals surface area (Å²) in [6, 6.07) is 8.21. The first-order chi connectivity index (χ1) is 8.42. The highest BCUT2D eigenvalue weighted by Gasteiger charge is 2.19. The Morgan fingerprint density at radius 1 is 1.17 bits per heavy atom. The van der Waals surface area contributed by atoms with E-state index in [-0.39, 0.29) is 10.6 Å². The molecule has 4 nitrogen and oxygen atoms in total. The molecule has 5 heteroatoms. The molecule has 102 valence electrons. The molecule has 0 bridgehead atoms. The zero-order chi connectivity index (χ0) is 13.6. The van der Waals surface area contributed by atoms with Crippen LogP contribution >= 0.6 is 0 Å². The van der Waals surface area contributed by atoms with E-state index in [2.05, 4.69) is 19.2 Å². The summed E-state index contributed by atoms with van der Waals surface area (Å²) >= 11 is 0. The van der Waals surface area contributed by atoms with Crippen LogP contribution in [-0.4, -0.2) is 38.5 Å². The second kappa shape index (κ2) is 6.87. The normalized spacial score (nSPS) is 13.8. The Morgan fingerprint density at radius 2 is 1.78 bits per heavy atom. The number of hydrogen-bond donors (Lipinski definition) is 2. The van der Waals surface area contributed by atoms with Gasteiger partial charge in [-0.15, -0.1) is 0 Å². The first kappa shape index (κ1) is 15.1. The van der Waals surface area contributed by atoms with Crippen molar-refractivity contribution in [3.8, 4) is 0 Å². The van der Waals surface area contributed by atoms with Gasteiger partial charge in [-0.05, 0) is 24.6 Å². The minimum Gasteiger partial charge on any atom is -0.391 e. The minimum absolute atomic E-state index is 0.248. The molecule has 0 aliphatic heterocycles. The molecular weight excluding hydrogens is 250 g/mol. The fourth-order valence-corrected chi connectivity index (χ4v) is 2.96. The van der Waals surface area contributed by atoms with E-state index in [1.165, 1.54) is 0 Å². The van der Waals surface area contributed by atoms with Crippen molar-refractivity contribution in [3.05, 3.63) is 30.3 Å². The number of sulfone groups is 1. The molecule has 18 heavy (non-hydrogen) atoms. The zero-order valence-electron chi connectivity index (χ0n) is 10.8. The number of rotatable bonds is 7. The van der Waals surface area contributed by atoms with E-state index in [0.717, 1.165) is 6.54 Å². The van der Waals surface area contributed by atoms with Gasteiger partial charge in [0, 0.05) is 6.54 Å². The second-order valence-electron chi connectivity index (χ2n) is 4.80. The van der Waals surface area contributed by atoms with Gasteiger partial charge in [0.05, 0.1) is 16.8 Å². The van der Waals surface area contributed by atoms with Gasteiger partial charge in [-0.2, -0.15) is 0 Å². The lowest BCUT2D eigenvalue weighted by atomic mass is 10.2. The highest BCUT2D eigenvalue weighted by Crippen LogP contribution is 2.11. The quantitative estimate of drug-likeness (QED) is 0.778. The number of aliphatic hydroxyl groups excluding tert-OH is 1. The molecule has 1 rings (SSSR count). The predicted octanol–water partition coefficient (Wildman–Crippen LogP) is 1.07. The zero-order valence-corrected chi connectivity index (χ0v) is 11.7. The van der Waals surface area contributed by atoms with Gasteiger partial charge in [-0.25, -0.2) is 8.42 Å². The Balaban J connectivity index is 2.51. The largest absolute Gasteiger partial charge is 0.391 e. The van der Waals surface area contributed by atoms with Crippen molar-refractivity contribution >= 4 is 9.84 Å². The summed E-state index contributed by atoms with van der Waals surface area (Å²) in [6.07, 6.45) is -0.881. The number of benzene rings is 1. The summed E-state index contributed by atoms with van der Waals surface area (Å²) < 4.78 is 23.9. The maximum atomic E-state index is 12.0. The van der Waals surface area contributed by atoms with E-state index in [4.69, 9.17) is 0 Å². The Morgan fingerprint density at radius 3 is 2.33 bits per heavy atom. The van der Waals surface area contributed by atoms with Gasteiger partial charge in [0.15, 0.2) is 9.84 Å². The molecule has 0 heterocycles. The van der Waals surface area contributed by atoms with E-state index in [1.807, 2.05) is 0 Å². The second-order valence-corrected chi connectivity index (χ2v) is 6.83. The lowest BCUT2D eigenvalue weighted by molar-refractivity contribution is 0.192. The third-order valence-corrected chi connectivity index (χ3v) is 4.26. The van der Waals surface area contributed by atoms with Crippen molar-refractivity contribution in [2.45, 2.75) is 24.8 Å². The van der Waals surface area contributed by atoms with Crippen LogP contribution in [0.1, 0.15) is 13.8 Å². The van der Waals surface area contributed by atoms with E-state index in [9.17, 15) is 13.5 Å². The Hall–Kier alpha value is -0.910. The summed E-state index contributed by atoms with van der Waals surface area (Å²) in [5, 5.41) is 12.8. The molecule has 2 N–H and O–H groups in total. The average molecular weight is 271 g/mol. The van der Waals surface area contributed by atoms with Crippen LogP contribution in [0.2, 0.25) is 0 Å². The fourth-order valence-electron chi connectivity index (χ4n) is 1.57. The molecule has 0 fully saturated rings. The van der Waals surface area contributed by atoms with Crippen molar-refractivity contribution in [1.29, 1.82) is 0 Å².